The second kappa shape index (κ2) is 7.75. The average Bonchev–Trinajstić information content (AvgIpc) is 2.97. The SMILES string of the molecule is CC(=O)c1cccc(C2=CC=C(OS(=O)(=O)C(F)(F)F)[C@@]2(C)Cc2ccccc2)c1. The second-order valence-corrected chi connectivity index (χ2v) is 8.76. The number of hydrogen-bond acceptors (Lipinski definition) is 4. The molecule has 158 valence electrons. The molecule has 1 aliphatic rings. The van der Waals surface area contributed by atoms with Crippen LogP contribution in [0.1, 0.15) is 35.3 Å². The van der Waals surface area contributed by atoms with Gasteiger partial charge in [-0.05, 0) is 49.1 Å². The number of alkyl halides is 3. The van der Waals surface area contributed by atoms with Gasteiger partial charge >= 0.3 is 15.6 Å². The van der Waals surface area contributed by atoms with Gasteiger partial charge in [0.15, 0.2) is 5.78 Å². The third-order valence-electron chi connectivity index (χ3n) is 5.00. The van der Waals surface area contributed by atoms with Gasteiger partial charge in [0.2, 0.25) is 0 Å². The van der Waals surface area contributed by atoms with E-state index in [1.807, 2.05) is 0 Å². The Morgan fingerprint density at radius 2 is 1.70 bits per heavy atom. The molecule has 0 saturated carbocycles. The van der Waals surface area contributed by atoms with E-state index in [0.717, 1.165) is 5.56 Å². The van der Waals surface area contributed by atoms with Crippen LogP contribution >= 0.6 is 0 Å². The lowest BCUT2D eigenvalue weighted by atomic mass is 9.75. The smallest absolute Gasteiger partial charge is 0.380 e. The van der Waals surface area contributed by atoms with Crippen molar-refractivity contribution in [2.24, 2.45) is 5.41 Å². The van der Waals surface area contributed by atoms with Crippen molar-refractivity contribution in [3.05, 3.63) is 89.2 Å². The Morgan fingerprint density at radius 3 is 2.30 bits per heavy atom. The van der Waals surface area contributed by atoms with Crippen LogP contribution in [0.25, 0.3) is 5.57 Å². The first-order valence-corrected chi connectivity index (χ1v) is 10.4. The lowest BCUT2D eigenvalue weighted by molar-refractivity contribution is -0.0528. The van der Waals surface area contributed by atoms with E-state index in [1.54, 1.807) is 61.5 Å². The Kier molecular flexibility index (Phi) is 5.64. The Labute approximate surface area is 172 Å². The van der Waals surface area contributed by atoms with E-state index in [4.69, 9.17) is 0 Å². The highest BCUT2D eigenvalue weighted by Gasteiger charge is 2.51. The van der Waals surface area contributed by atoms with Gasteiger partial charge in [-0.2, -0.15) is 21.6 Å². The van der Waals surface area contributed by atoms with E-state index < -0.39 is 21.0 Å². The molecular formula is C22H19F3O4S. The molecule has 1 atom stereocenters. The zero-order valence-corrected chi connectivity index (χ0v) is 17.0. The highest BCUT2D eigenvalue weighted by atomic mass is 32.2. The van der Waals surface area contributed by atoms with Crippen molar-refractivity contribution in [1.29, 1.82) is 0 Å². The van der Waals surface area contributed by atoms with E-state index in [1.165, 1.54) is 19.1 Å². The fraction of sp³-hybridized carbons (Fsp3) is 0.227. The number of carbonyl (C=O) groups is 1. The number of benzene rings is 2. The third-order valence-corrected chi connectivity index (χ3v) is 5.97. The van der Waals surface area contributed by atoms with Crippen LogP contribution in [-0.2, 0) is 20.7 Å². The molecule has 0 saturated heterocycles. The van der Waals surface area contributed by atoms with Crippen molar-refractivity contribution < 1.29 is 30.6 Å². The molecule has 0 aromatic heterocycles. The second-order valence-electron chi connectivity index (χ2n) is 7.23. The van der Waals surface area contributed by atoms with Crippen molar-refractivity contribution >= 4 is 21.5 Å². The fourth-order valence-electron chi connectivity index (χ4n) is 3.45. The number of ketones is 1. The van der Waals surface area contributed by atoms with Crippen molar-refractivity contribution in [2.45, 2.75) is 25.8 Å². The van der Waals surface area contributed by atoms with Crippen LogP contribution < -0.4 is 0 Å². The lowest BCUT2D eigenvalue weighted by Gasteiger charge is -2.31. The highest BCUT2D eigenvalue weighted by molar-refractivity contribution is 7.87. The van der Waals surface area contributed by atoms with E-state index in [2.05, 4.69) is 4.18 Å². The Balaban J connectivity index is 2.06. The summed E-state index contributed by atoms with van der Waals surface area (Å²) in [5.41, 5.74) is -4.36. The molecule has 1 aliphatic carbocycles. The molecule has 0 aliphatic heterocycles. The van der Waals surface area contributed by atoms with Gasteiger partial charge in [-0.15, -0.1) is 0 Å². The zero-order chi connectivity index (χ0) is 22.2. The van der Waals surface area contributed by atoms with Gasteiger partial charge in [0.25, 0.3) is 0 Å². The molecule has 0 heterocycles. The van der Waals surface area contributed by atoms with Gasteiger partial charge in [0, 0.05) is 5.56 Å². The number of rotatable bonds is 6. The van der Waals surface area contributed by atoms with Gasteiger partial charge in [-0.25, -0.2) is 0 Å². The lowest BCUT2D eigenvalue weighted by Crippen LogP contribution is -2.30. The molecule has 0 radical (unpaired) electrons. The third kappa shape index (κ3) is 4.18. The van der Waals surface area contributed by atoms with E-state index >= 15 is 0 Å². The summed E-state index contributed by atoms with van der Waals surface area (Å²) in [6.45, 7) is 3.03. The van der Waals surface area contributed by atoms with Gasteiger partial charge in [0.1, 0.15) is 5.76 Å². The first kappa shape index (κ1) is 21.8. The quantitative estimate of drug-likeness (QED) is 0.351. The first-order valence-electron chi connectivity index (χ1n) is 9.03. The van der Waals surface area contributed by atoms with Crippen molar-refractivity contribution in [1.82, 2.24) is 0 Å². The minimum absolute atomic E-state index is 0.163. The molecule has 2 aromatic carbocycles. The minimum atomic E-state index is -5.83. The molecule has 0 unspecified atom stereocenters. The number of Topliss-reactive ketones (excluding diaryl/α,β-unsaturated/α-hetero) is 1. The number of hydrogen-bond donors (Lipinski definition) is 0. The molecule has 2 aromatic rings. The fourth-order valence-corrected chi connectivity index (χ4v) is 4.02. The molecule has 0 bridgehead atoms. The average molecular weight is 436 g/mol. The maximum absolute atomic E-state index is 12.9. The van der Waals surface area contributed by atoms with E-state index in [-0.39, 0.29) is 18.0 Å². The topological polar surface area (TPSA) is 60.4 Å². The van der Waals surface area contributed by atoms with Crippen molar-refractivity contribution in [3.63, 3.8) is 0 Å². The minimum Gasteiger partial charge on any atom is -0.380 e. The molecule has 8 heteroatoms. The van der Waals surface area contributed by atoms with Crippen LogP contribution in [0.4, 0.5) is 13.2 Å². The van der Waals surface area contributed by atoms with Gasteiger partial charge < -0.3 is 4.18 Å². The monoisotopic (exact) mass is 436 g/mol. The highest BCUT2D eigenvalue weighted by Crippen LogP contribution is 2.49. The van der Waals surface area contributed by atoms with Crippen LogP contribution in [0.3, 0.4) is 0 Å². The largest absolute Gasteiger partial charge is 0.534 e. The molecule has 0 N–H and O–H groups in total. The predicted octanol–water partition coefficient (Wildman–Crippen LogP) is 5.29. The summed E-state index contributed by atoms with van der Waals surface area (Å²) in [7, 11) is -5.83. The molecule has 30 heavy (non-hydrogen) atoms. The normalized spacial score (nSPS) is 19.2. The van der Waals surface area contributed by atoms with Crippen molar-refractivity contribution in [2.75, 3.05) is 0 Å². The maximum atomic E-state index is 12.9. The molecule has 0 amide bonds. The standard InChI is InChI=1S/C22H19F3O4S/c1-15(26)17-9-6-10-18(13-17)19-11-12-20(29-30(27,28)22(23,24)25)21(19,2)14-16-7-4-3-5-8-16/h3-13H,14H2,1-2H3/t21-/m0/s1. The maximum Gasteiger partial charge on any atom is 0.534 e. The Morgan fingerprint density at radius 1 is 1.03 bits per heavy atom. The molecule has 3 rings (SSSR count). The molecule has 0 fully saturated rings. The number of carbonyl (C=O) groups excluding carboxylic acids is 1. The van der Waals surface area contributed by atoms with Crippen LogP contribution in [0.15, 0.2) is 72.5 Å². The molecule has 4 nitrogen and oxygen atoms in total. The number of halogens is 3. The van der Waals surface area contributed by atoms with E-state index in [9.17, 15) is 26.4 Å². The zero-order valence-electron chi connectivity index (χ0n) is 16.2. The first-order chi connectivity index (χ1) is 13.9. The molecular weight excluding hydrogens is 417 g/mol. The molecule has 0 spiro atoms. The van der Waals surface area contributed by atoms with Crippen molar-refractivity contribution in [3.8, 4) is 0 Å². The summed E-state index contributed by atoms with van der Waals surface area (Å²) >= 11 is 0. The Bertz CT molecular complexity index is 1130. The summed E-state index contributed by atoms with van der Waals surface area (Å²) in [5, 5.41) is 0. The van der Waals surface area contributed by atoms with Crippen LogP contribution in [0.5, 0.6) is 0 Å². The number of allylic oxidation sites excluding steroid dienone is 3. The summed E-state index contributed by atoms with van der Waals surface area (Å²) in [6.07, 6.45) is 2.97. The Hall–Kier alpha value is -2.87. The summed E-state index contributed by atoms with van der Waals surface area (Å²) in [5.74, 6) is -0.490. The van der Waals surface area contributed by atoms with Crippen LogP contribution in [0, 0.1) is 5.41 Å². The van der Waals surface area contributed by atoms with E-state index in [0.29, 0.717) is 16.7 Å². The predicted molar refractivity (Wildman–Crippen MR) is 107 cm³/mol. The summed E-state index contributed by atoms with van der Waals surface area (Å²) < 4.78 is 66.7. The van der Waals surface area contributed by atoms with Gasteiger partial charge in [-0.3, -0.25) is 4.79 Å². The van der Waals surface area contributed by atoms with Gasteiger partial charge in [-0.1, -0.05) is 54.6 Å². The van der Waals surface area contributed by atoms with Gasteiger partial charge in [0.05, 0.1) is 5.41 Å². The van der Waals surface area contributed by atoms with Crippen LogP contribution in [0.2, 0.25) is 0 Å². The summed E-state index contributed by atoms with van der Waals surface area (Å²) in [4.78, 5) is 11.8. The van der Waals surface area contributed by atoms with Crippen LogP contribution in [-0.4, -0.2) is 19.7 Å². The summed E-state index contributed by atoms with van der Waals surface area (Å²) in [6, 6.07) is 15.6.